The molecular weight excluding hydrogens is 272 g/mol. The summed E-state index contributed by atoms with van der Waals surface area (Å²) in [5.41, 5.74) is -0.310. The molecule has 4 rings (SSSR count). The molecule has 0 unspecified atom stereocenters. The fourth-order valence-corrected chi connectivity index (χ4v) is 7.64. The van der Waals surface area contributed by atoms with Crippen LogP contribution in [0.3, 0.4) is 0 Å². The number of hydrogen-bond donors (Lipinski definition) is 2. The van der Waals surface area contributed by atoms with Crippen molar-refractivity contribution in [3.05, 3.63) is 0 Å². The van der Waals surface area contributed by atoms with Gasteiger partial charge in [0, 0.05) is 5.41 Å². The fourth-order valence-electron chi connectivity index (χ4n) is 7.64. The number of aliphatic hydroxyl groups is 2. The number of hydrogen-bond acceptors (Lipinski definition) is 2. The van der Waals surface area contributed by atoms with Crippen molar-refractivity contribution in [2.24, 2.45) is 34.5 Å². The summed E-state index contributed by atoms with van der Waals surface area (Å²) in [4.78, 5) is 0. The lowest BCUT2D eigenvalue weighted by Gasteiger charge is -2.62. The molecule has 8 atom stereocenters. The first-order chi connectivity index (χ1) is 10.3. The molecule has 126 valence electrons. The van der Waals surface area contributed by atoms with Gasteiger partial charge in [0.15, 0.2) is 0 Å². The van der Waals surface area contributed by atoms with Crippen LogP contribution >= 0.6 is 0 Å². The maximum atomic E-state index is 11.1. The van der Waals surface area contributed by atoms with E-state index in [1.165, 1.54) is 38.5 Å². The number of fused-ring (bicyclic) bond motifs is 5. The van der Waals surface area contributed by atoms with Crippen molar-refractivity contribution in [3.63, 3.8) is 0 Å². The standard InChI is InChI=1S/C20H34O2/c1-18-10-5-4-6-13(18)7-8-14-15-9-11-20(3,22)19(15,2)12-16(21)17(14)18/h13-17,21-22H,4-12H2,1-3H3/t13-,14+,15+,16+,17-,18+,19+,20+/m1/s1. The average Bonchev–Trinajstić information content (AvgIpc) is 2.68. The van der Waals surface area contributed by atoms with Crippen LogP contribution in [0.15, 0.2) is 0 Å². The van der Waals surface area contributed by atoms with Gasteiger partial charge in [0.2, 0.25) is 0 Å². The van der Waals surface area contributed by atoms with Crippen molar-refractivity contribution in [2.75, 3.05) is 0 Å². The Morgan fingerprint density at radius 1 is 0.909 bits per heavy atom. The van der Waals surface area contributed by atoms with E-state index in [9.17, 15) is 10.2 Å². The third-order valence-corrected chi connectivity index (χ3v) is 9.08. The molecule has 0 aromatic carbocycles. The summed E-state index contributed by atoms with van der Waals surface area (Å²) >= 11 is 0. The highest BCUT2D eigenvalue weighted by Crippen LogP contribution is 2.68. The molecule has 4 aliphatic carbocycles. The lowest BCUT2D eigenvalue weighted by Crippen LogP contribution is -2.60. The maximum Gasteiger partial charge on any atom is 0.0676 e. The van der Waals surface area contributed by atoms with Crippen LogP contribution in [0.4, 0.5) is 0 Å². The molecule has 0 amide bonds. The molecule has 2 heteroatoms. The van der Waals surface area contributed by atoms with Gasteiger partial charge in [-0.2, -0.15) is 0 Å². The predicted octanol–water partition coefficient (Wildman–Crippen LogP) is 4.14. The Bertz CT molecular complexity index is 459. The van der Waals surface area contributed by atoms with Crippen LogP contribution in [-0.4, -0.2) is 21.9 Å². The molecule has 0 spiro atoms. The second-order valence-electron chi connectivity index (χ2n) is 9.82. The Labute approximate surface area is 135 Å². The summed E-state index contributed by atoms with van der Waals surface area (Å²) < 4.78 is 0. The van der Waals surface area contributed by atoms with Crippen LogP contribution < -0.4 is 0 Å². The molecule has 0 bridgehead atoms. The van der Waals surface area contributed by atoms with E-state index in [0.717, 1.165) is 25.2 Å². The Morgan fingerprint density at radius 2 is 1.68 bits per heavy atom. The third-order valence-electron chi connectivity index (χ3n) is 9.08. The van der Waals surface area contributed by atoms with E-state index < -0.39 is 5.60 Å². The molecule has 4 fully saturated rings. The van der Waals surface area contributed by atoms with Gasteiger partial charge in [-0.05, 0) is 81.0 Å². The first-order valence-corrected chi connectivity index (χ1v) is 9.70. The van der Waals surface area contributed by atoms with E-state index in [1.54, 1.807) is 0 Å². The Balaban J connectivity index is 1.71. The van der Waals surface area contributed by atoms with Crippen LogP contribution in [0.25, 0.3) is 0 Å². The lowest BCUT2D eigenvalue weighted by atomic mass is 9.44. The highest BCUT2D eigenvalue weighted by Gasteiger charge is 2.65. The second kappa shape index (κ2) is 4.72. The third kappa shape index (κ3) is 1.80. The van der Waals surface area contributed by atoms with E-state index >= 15 is 0 Å². The summed E-state index contributed by atoms with van der Waals surface area (Å²) in [5, 5.41) is 22.1. The van der Waals surface area contributed by atoms with Gasteiger partial charge in [0.05, 0.1) is 11.7 Å². The van der Waals surface area contributed by atoms with Gasteiger partial charge in [-0.1, -0.05) is 26.7 Å². The summed E-state index contributed by atoms with van der Waals surface area (Å²) in [7, 11) is 0. The molecule has 0 saturated heterocycles. The molecule has 22 heavy (non-hydrogen) atoms. The van der Waals surface area contributed by atoms with Gasteiger partial charge < -0.3 is 10.2 Å². The van der Waals surface area contributed by atoms with Crippen molar-refractivity contribution in [2.45, 2.75) is 90.3 Å². The minimum atomic E-state index is -0.589. The smallest absolute Gasteiger partial charge is 0.0676 e. The molecular formula is C20H34O2. The molecule has 2 nitrogen and oxygen atoms in total. The SMILES string of the molecule is C[C@]12CCCC[C@@H]1CC[C@@H]1[C@@H]2[C@@H](O)C[C@@]2(C)[C@H]1CC[C@]2(C)O. The van der Waals surface area contributed by atoms with E-state index in [1.807, 2.05) is 6.92 Å². The zero-order valence-corrected chi connectivity index (χ0v) is 14.6. The summed E-state index contributed by atoms with van der Waals surface area (Å²) in [6.45, 7) is 6.78. The van der Waals surface area contributed by atoms with E-state index in [0.29, 0.717) is 23.2 Å². The van der Waals surface area contributed by atoms with Crippen molar-refractivity contribution >= 4 is 0 Å². The predicted molar refractivity (Wildman–Crippen MR) is 88.4 cm³/mol. The number of aliphatic hydroxyl groups excluding tert-OH is 1. The molecule has 4 saturated carbocycles. The van der Waals surface area contributed by atoms with Gasteiger partial charge >= 0.3 is 0 Å². The molecule has 2 N–H and O–H groups in total. The molecule has 0 radical (unpaired) electrons. The second-order valence-corrected chi connectivity index (χ2v) is 9.82. The van der Waals surface area contributed by atoms with Crippen molar-refractivity contribution in [1.29, 1.82) is 0 Å². The van der Waals surface area contributed by atoms with Gasteiger partial charge in [0.25, 0.3) is 0 Å². The fraction of sp³-hybridized carbons (Fsp3) is 1.00. The highest BCUT2D eigenvalue weighted by molar-refractivity contribution is 5.14. The topological polar surface area (TPSA) is 40.5 Å². The van der Waals surface area contributed by atoms with E-state index in [-0.39, 0.29) is 11.5 Å². The van der Waals surface area contributed by atoms with Crippen LogP contribution in [-0.2, 0) is 0 Å². The van der Waals surface area contributed by atoms with Gasteiger partial charge in [-0.3, -0.25) is 0 Å². The van der Waals surface area contributed by atoms with Crippen LogP contribution in [0.5, 0.6) is 0 Å². The van der Waals surface area contributed by atoms with Crippen LogP contribution in [0, 0.1) is 34.5 Å². The highest BCUT2D eigenvalue weighted by atomic mass is 16.3. The normalized spacial score (nSPS) is 61.2. The van der Waals surface area contributed by atoms with Gasteiger partial charge in [-0.25, -0.2) is 0 Å². The van der Waals surface area contributed by atoms with Crippen LogP contribution in [0.1, 0.15) is 78.6 Å². The average molecular weight is 306 g/mol. The summed E-state index contributed by atoms with van der Waals surface area (Å²) in [6.07, 6.45) is 10.8. The van der Waals surface area contributed by atoms with Gasteiger partial charge in [0.1, 0.15) is 0 Å². The van der Waals surface area contributed by atoms with Crippen LogP contribution in [0.2, 0.25) is 0 Å². The molecule has 4 aliphatic rings. The first kappa shape index (κ1) is 15.4. The molecule has 0 aromatic rings. The summed E-state index contributed by atoms with van der Waals surface area (Å²) in [5.74, 6) is 2.58. The van der Waals surface area contributed by atoms with Gasteiger partial charge in [-0.15, -0.1) is 0 Å². The quantitative estimate of drug-likeness (QED) is 0.706. The van der Waals surface area contributed by atoms with Crippen molar-refractivity contribution < 1.29 is 10.2 Å². The Kier molecular flexibility index (Phi) is 3.32. The zero-order chi connectivity index (χ0) is 15.8. The minimum absolute atomic E-state index is 0.0779. The maximum absolute atomic E-state index is 11.1. The monoisotopic (exact) mass is 306 g/mol. The van der Waals surface area contributed by atoms with Crippen molar-refractivity contribution in [1.82, 2.24) is 0 Å². The van der Waals surface area contributed by atoms with Crippen molar-refractivity contribution in [3.8, 4) is 0 Å². The minimum Gasteiger partial charge on any atom is -0.393 e. The Hall–Kier alpha value is -0.0800. The Morgan fingerprint density at radius 3 is 2.45 bits per heavy atom. The summed E-state index contributed by atoms with van der Waals surface area (Å²) in [6, 6.07) is 0. The first-order valence-electron chi connectivity index (χ1n) is 9.70. The van der Waals surface area contributed by atoms with E-state index in [4.69, 9.17) is 0 Å². The number of rotatable bonds is 0. The lowest BCUT2D eigenvalue weighted by molar-refractivity contribution is -0.192. The molecule has 0 aliphatic heterocycles. The largest absolute Gasteiger partial charge is 0.393 e. The molecule has 0 heterocycles. The van der Waals surface area contributed by atoms with E-state index in [2.05, 4.69) is 13.8 Å². The zero-order valence-electron chi connectivity index (χ0n) is 14.6. The molecule has 0 aromatic heterocycles.